The topological polar surface area (TPSA) is 92.7 Å². The molecule has 9 heteroatoms. The number of benzene rings is 2. The number of aromatic amines is 1. The smallest absolute Gasteiger partial charge is 0.269 e. The molecule has 152 valence electrons. The Morgan fingerprint density at radius 1 is 1.20 bits per heavy atom. The molecule has 0 unspecified atom stereocenters. The number of nitrogens with zero attached hydrogens (tertiary/aromatic N) is 3. The van der Waals surface area contributed by atoms with Gasteiger partial charge in [-0.1, -0.05) is 47.1 Å². The Morgan fingerprint density at radius 3 is 2.73 bits per heavy atom. The zero-order valence-corrected chi connectivity index (χ0v) is 17.8. The van der Waals surface area contributed by atoms with Gasteiger partial charge in [0, 0.05) is 10.7 Å². The van der Waals surface area contributed by atoms with E-state index in [-0.39, 0.29) is 17.2 Å². The number of thioether (sulfide) groups is 1. The van der Waals surface area contributed by atoms with Crippen molar-refractivity contribution in [2.45, 2.75) is 19.0 Å². The Bertz CT molecular complexity index is 1300. The second-order valence-electron chi connectivity index (χ2n) is 6.75. The monoisotopic (exact) mass is 439 g/mol. The van der Waals surface area contributed by atoms with Crippen molar-refractivity contribution in [2.24, 2.45) is 0 Å². The molecule has 0 aliphatic rings. The molecule has 0 bridgehead atoms. The summed E-state index contributed by atoms with van der Waals surface area (Å²) in [6.07, 6.45) is 1.46. The number of nitrogens with one attached hydrogen (secondary N) is 2. The molecule has 0 saturated carbocycles. The quantitative estimate of drug-likeness (QED) is 0.360. The molecule has 0 fully saturated rings. The molecule has 4 aromatic rings. The molecule has 2 aromatic heterocycles. The van der Waals surface area contributed by atoms with Crippen LogP contribution in [-0.2, 0) is 4.79 Å². The number of amides is 1. The van der Waals surface area contributed by atoms with E-state index in [4.69, 9.17) is 11.6 Å². The molecule has 2 aromatic carbocycles. The number of aromatic nitrogens is 4. The van der Waals surface area contributed by atoms with Crippen LogP contribution in [0, 0.1) is 13.8 Å². The van der Waals surface area contributed by atoms with Crippen molar-refractivity contribution in [3.63, 3.8) is 0 Å². The average Bonchev–Trinajstić information content (AvgIpc) is 3.20. The van der Waals surface area contributed by atoms with E-state index < -0.39 is 0 Å². The van der Waals surface area contributed by atoms with Gasteiger partial charge in [-0.25, -0.2) is 4.98 Å². The van der Waals surface area contributed by atoms with Gasteiger partial charge in [0.25, 0.3) is 5.56 Å². The molecule has 0 saturated heterocycles. The third kappa shape index (κ3) is 3.96. The predicted molar refractivity (Wildman–Crippen MR) is 120 cm³/mol. The second kappa shape index (κ2) is 8.33. The number of H-pyrrole nitrogens is 1. The minimum Gasteiger partial charge on any atom is -0.325 e. The number of hydrogen-bond acceptors (Lipinski definition) is 5. The van der Waals surface area contributed by atoms with Crippen molar-refractivity contribution >= 4 is 46.0 Å². The van der Waals surface area contributed by atoms with Crippen LogP contribution in [0.15, 0.2) is 58.6 Å². The van der Waals surface area contributed by atoms with Gasteiger partial charge in [0.1, 0.15) is 5.39 Å². The summed E-state index contributed by atoms with van der Waals surface area (Å²) in [5, 5.41) is 10.9. The molecular formula is C21H18ClN5O2S. The molecular weight excluding hydrogens is 422 g/mol. The van der Waals surface area contributed by atoms with Crippen LogP contribution in [-0.4, -0.2) is 31.4 Å². The van der Waals surface area contributed by atoms with Gasteiger partial charge in [-0.15, -0.1) is 0 Å². The van der Waals surface area contributed by atoms with Gasteiger partial charge in [0.05, 0.1) is 17.6 Å². The van der Waals surface area contributed by atoms with Gasteiger partial charge in [0.2, 0.25) is 5.91 Å². The summed E-state index contributed by atoms with van der Waals surface area (Å²) in [4.78, 5) is 30.1. The molecule has 30 heavy (non-hydrogen) atoms. The van der Waals surface area contributed by atoms with Crippen molar-refractivity contribution in [2.75, 3.05) is 11.1 Å². The summed E-state index contributed by atoms with van der Waals surface area (Å²) in [5.41, 5.74) is 3.35. The van der Waals surface area contributed by atoms with Gasteiger partial charge in [-0.05, 0) is 43.7 Å². The third-order valence-electron chi connectivity index (χ3n) is 4.62. The summed E-state index contributed by atoms with van der Waals surface area (Å²) < 4.78 is 1.50. The Hall–Kier alpha value is -3.10. The molecule has 4 rings (SSSR count). The van der Waals surface area contributed by atoms with Gasteiger partial charge < -0.3 is 5.32 Å². The largest absolute Gasteiger partial charge is 0.325 e. The van der Waals surface area contributed by atoms with Gasteiger partial charge in [-0.2, -0.15) is 5.10 Å². The number of aryl methyl sites for hydroxylation is 1. The molecule has 7 nitrogen and oxygen atoms in total. The third-order valence-corrected chi connectivity index (χ3v) is 5.97. The first-order valence-corrected chi connectivity index (χ1v) is 10.5. The molecule has 0 spiro atoms. The predicted octanol–water partition coefficient (Wildman–Crippen LogP) is 4.11. The molecule has 1 amide bonds. The zero-order chi connectivity index (χ0) is 21.3. The Kier molecular flexibility index (Phi) is 5.61. The van der Waals surface area contributed by atoms with E-state index in [2.05, 4.69) is 20.5 Å². The maximum absolute atomic E-state index is 13.0. The van der Waals surface area contributed by atoms with Crippen molar-refractivity contribution in [3.8, 4) is 5.69 Å². The number of hydrogen-bond donors (Lipinski definition) is 2. The summed E-state index contributed by atoms with van der Waals surface area (Å²) in [7, 11) is 0. The lowest BCUT2D eigenvalue weighted by atomic mass is 10.2. The highest BCUT2D eigenvalue weighted by Gasteiger charge is 2.16. The van der Waals surface area contributed by atoms with E-state index in [1.807, 2.05) is 38.1 Å². The van der Waals surface area contributed by atoms with Crippen LogP contribution >= 0.6 is 23.4 Å². The van der Waals surface area contributed by atoms with E-state index in [1.54, 1.807) is 18.2 Å². The fraction of sp³-hybridized carbons (Fsp3) is 0.143. The van der Waals surface area contributed by atoms with Crippen molar-refractivity contribution < 1.29 is 4.79 Å². The highest BCUT2D eigenvalue weighted by Crippen LogP contribution is 2.24. The number of halogens is 1. The van der Waals surface area contributed by atoms with E-state index in [0.717, 1.165) is 11.1 Å². The normalized spacial score (nSPS) is 11.0. The fourth-order valence-corrected chi connectivity index (χ4v) is 3.93. The summed E-state index contributed by atoms with van der Waals surface area (Å²) in [6.45, 7) is 3.82. The van der Waals surface area contributed by atoms with Crippen molar-refractivity contribution in [1.29, 1.82) is 0 Å². The Morgan fingerprint density at radius 2 is 1.97 bits per heavy atom. The summed E-state index contributed by atoms with van der Waals surface area (Å²) in [5.74, 6) is -0.149. The summed E-state index contributed by atoms with van der Waals surface area (Å²) >= 11 is 7.29. The average molecular weight is 440 g/mol. The molecule has 0 atom stereocenters. The molecule has 0 aliphatic carbocycles. The van der Waals surface area contributed by atoms with Crippen LogP contribution in [0.1, 0.15) is 11.1 Å². The van der Waals surface area contributed by atoms with Gasteiger partial charge in [0.15, 0.2) is 10.8 Å². The van der Waals surface area contributed by atoms with Crippen molar-refractivity contribution in [3.05, 3.63) is 75.2 Å². The highest BCUT2D eigenvalue weighted by molar-refractivity contribution is 7.99. The maximum Gasteiger partial charge on any atom is 0.269 e. The van der Waals surface area contributed by atoms with E-state index in [0.29, 0.717) is 32.6 Å². The SMILES string of the molecule is Cc1ccc(-n2c(SCC(=O)Nc3cccc(Cl)c3C)nc3[nH]ncc3c2=O)cc1. The Labute approximate surface area is 181 Å². The second-order valence-corrected chi connectivity index (χ2v) is 8.10. The molecule has 0 aliphatic heterocycles. The fourth-order valence-electron chi connectivity index (χ4n) is 2.95. The first kappa shape index (κ1) is 20.2. The Balaban J connectivity index is 1.64. The number of carbonyl (C=O) groups is 1. The highest BCUT2D eigenvalue weighted by atomic mass is 35.5. The lowest BCUT2D eigenvalue weighted by molar-refractivity contribution is -0.113. The van der Waals surface area contributed by atoms with Crippen LogP contribution in [0.4, 0.5) is 5.69 Å². The number of carbonyl (C=O) groups excluding carboxylic acids is 1. The van der Waals surface area contributed by atoms with E-state index in [1.165, 1.54) is 22.5 Å². The van der Waals surface area contributed by atoms with Crippen LogP contribution in [0.5, 0.6) is 0 Å². The summed E-state index contributed by atoms with van der Waals surface area (Å²) in [6, 6.07) is 12.9. The number of anilines is 1. The zero-order valence-electron chi connectivity index (χ0n) is 16.3. The van der Waals surface area contributed by atoms with Gasteiger partial charge >= 0.3 is 0 Å². The van der Waals surface area contributed by atoms with Gasteiger partial charge in [-0.3, -0.25) is 19.3 Å². The maximum atomic E-state index is 13.0. The first-order valence-electron chi connectivity index (χ1n) is 9.15. The van der Waals surface area contributed by atoms with Crippen molar-refractivity contribution in [1.82, 2.24) is 19.7 Å². The lowest BCUT2D eigenvalue weighted by Crippen LogP contribution is -2.22. The van der Waals surface area contributed by atoms with Crippen LogP contribution < -0.4 is 10.9 Å². The minimum atomic E-state index is -0.244. The number of rotatable bonds is 5. The first-order chi connectivity index (χ1) is 14.4. The minimum absolute atomic E-state index is 0.0733. The molecule has 2 N–H and O–H groups in total. The van der Waals surface area contributed by atoms with E-state index in [9.17, 15) is 9.59 Å². The van der Waals surface area contributed by atoms with E-state index >= 15 is 0 Å². The molecule has 2 heterocycles. The lowest BCUT2D eigenvalue weighted by Gasteiger charge is -2.13. The van der Waals surface area contributed by atoms with Crippen LogP contribution in [0.3, 0.4) is 0 Å². The standard InChI is InChI=1S/C21H18ClN5O2S/c1-12-6-8-14(9-7-12)27-20(29)15-10-23-26-19(15)25-21(27)30-11-18(28)24-17-5-3-4-16(22)13(17)2/h3-10H,11H2,1-2H3,(H,23,26)(H,24,28). The number of fused-ring (bicyclic) bond motifs is 1. The van der Waals surface area contributed by atoms with Crippen LogP contribution in [0.25, 0.3) is 16.7 Å². The molecule has 0 radical (unpaired) electrons. The van der Waals surface area contributed by atoms with Crippen LogP contribution in [0.2, 0.25) is 5.02 Å².